The summed E-state index contributed by atoms with van der Waals surface area (Å²) < 4.78 is 38.6. The molecular weight excluding hydrogens is 454 g/mol. The second-order valence-electron chi connectivity index (χ2n) is 8.39. The highest BCUT2D eigenvalue weighted by atomic mass is 32.2. The molecule has 0 bridgehead atoms. The molecule has 0 amide bonds. The van der Waals surface area contributed by atoms with E-state index in [0.29, 0.717) is 12.1 Å². The minimum Gasteiger partial charge on any atom is -0.495 e. The number of sulfonamides is 1. The maximum Gasteiger partial charge on any atom is 0.338 e. The number of benzene rings is 3. The van der Waals surface area contributed by atoms with Crippen LogP contribution in [0.2, 0.25) is 0 Å². The number of Topliss-reactive ketones (excluding diaryl/α,β-unsaturated/α-hetero) is 1. The standard InChI is InChI=1S/C26H27NO6S/c1-18-7-5-6-14-27(18)34(30,31)25-16-22(12-13-24(25)32-2)26(29)33-17-23(28)21-11-10-19-8-3-4-9-20(19)15-21/h3-4,8-13,15-16,18H,5-7,14,17H2,1-2H3. The first-order valence-corrected chi connectivity index (χ1v) is 12.6. The highest BCUT2D eigenvalue weighted by Gasteiger charge is 2.33. The lowest BCUT2D eigenvalue weighted by atomic mass is 10.0. The monoisotopic (exact) mass is 481 g/mol. The van der Waals surface area contributed by atoms with Crippen molar-refractivity contribution in [2.24, 2.45) is 0 Å². The van der Waals surface area contributed by atoms with Crippen molar-refractivity contribution in [1.29, 1.82) is 0 Å². The molecule has 4 rings (SSSR count). The van der Waals surface area contributed by atoms with Crippen molar-refractivity contribution in [1.82, 2.24) is 4.31 Å². The second kappa shape index (κ2) is 9.95. The van der Waals surface area contributed by atoms with Gasteiger partial charge < -0.3 is 9.47 Å². The van der Waals surface area contributed by atoms with Gasteiger partial charge in [0.2, 0.25) is 10.0 Å². The predicted octanol–water partition coefficient (Wildman–Crippen LogP) is 4.45. The molecule has 3 aromatic rings. The number of carbonyl (C=O) groups excluding carboxylic acids is 2. The molecular formula is C26H27NO6S. The first kappa shape index (κ1) is 23.9. The number of fused-ring (bicyclic) bond motifs is 1. The SMILES string of the molecule is COc1ccc(C(=O)OCC(=O)c2ccc3ccccc3c2)cc1S(=O)(=O)N1CCCCC1C. The molecule has 0 N–H and O–H groups in total. The summed E-state index contributed by atoms with van der Waals surface area (Å²) in [4.78, 5) is 25.2. The van der Waals surface area contributed by atoms with E-state index in [-0.39, 0.29) is 28.0 Å². The van der Waals surface area contributed by atoms with Crippen LogP contribution >= 0.6 is 0 Å². The molecule has 1 heterocycles. The molecule has 1 aliphatic heterocycles. The van der Waals surface area contributed by atoms with E-state index < -0.39 is 22.6 Å². The molecule has 0 aliphatic carbocycles. The van der Waals surface area contributed by atoms with E-state index in [1.165, 1.54) is 29.6 Å². The van der Waals surface area contributed by atoms with Gasteiger partial charge in [-0.2, -0.15) is 4.31 Å². The van der Waals surface area contributed by atoms with Crippen molar-refractivity contribution in [2.45, 2.75) is 37.1 Å². The van der Waals surface area contributed by atoms with E-state index in [9.17, 15) is 18.0 Å². The summed E-state index contributed by atoms with van der Waals surface area (Å²) in [5, 5.41) is 1.92. The van der Waals surface area contributed by atoms with Gasteiger partial charge in [0, 0.05) is 18.2 Å². The van der Waals surface area contributed by atoms with E-state index in [4.69, 9.17) is 9.47 Å². The van der Waals surface area contributed by atoms with Gasteiger partial charge in [0.05, 0.1) is 12.7 Å². The van der Waals surface area contributed by atoms with Gasteiger partial charge in [-0.25, -0.2) is 13.2 Å². The van der Waals surface area contributed by atoms with Crippen LogP contribution in [0.3, 0.4) is 0 Å². The molecule has 0 saturated carbocycles. The molecule has 178 valence electrons. The molecule has 7 nitrogen and oxygen atoms in total. The molecule has 1 aliphatic rings. The molecule has 1 unspecified atom stereocenters. The average Bonchev–Trinajstić information content (AvgIpc) is 2.86. The number of ether oxygens (including phenoxy) is 2. The van der Waals surface area contributed by atoms with Crippen LogP contribution in [0, 0.1) is 0 Å². The highest BCUT2D eigenvalue weighted by molar-refractivity contribution is 7.89. The molecule has 0 radical (unpaired) electrons. The maximum absolute atomic E-state index is 13.4. The number of hydrogen-bond donors (Lipinski definition) is 0. The van der Waals surface area contributed by atoms with Gasteiger partial charge in [-0.05, 0) is 54.8 Å². The van der Waals surface area contributed by atoms with Gasteiger partial charge in [0.1, 0.15) is 10.6 Å². The van der Waals surface area contributed by atoms with Gasteiger partial charge in [0.25, 0.3) is 0 Å². The Morgan fingerprint density at radius 1 is 0.971 bits per heavy atom. The predicted molar refractivity (Wildman–Crippen MR) is 129 cm³/mol. The largest absolute Gasteiger partial charge is 0.495 e. The zero-order chi connectivity index (χ0) is 24.3. The van der Waals surface area contributed by atoms with Crippen LogP contribution in [0.4, 0.5) is 0 Å². The topological polar surface area (TPSA) is 90.0 Å². The number of hydrogen-bond acceptors (Lipinski definition) is 6. The average molecular weight is 482 g/mol. The van der Waals surface area contributed by atoms with Crippen LogP contribution in [0.5, 0.6) is 5.75 Å². The first-order valence-electron chi connectivity index (χ1n) is 11.2. The first-order chi connectivity index (χ1) is 16.3. The van der Waals surface area contributed by atoms with Crippen LogP contribution in [-0.2, 0) is 14.8 Å². The molecule has 0 aromatic heterocycles. The van der Waals surface area contributed by atoms with Gasteiger partial charge in [-0.3, -0.25) is 4.79 Å². The fraction of sp³-hybridized carbons (Fsp3) is 0.308. The van der Waals surface area contributed by atoms with Crippen molar-refractivity contribution < 1.29 is 27.5 Å². The van der Waals surface area contributed by atoms with E-state index in [1.807, 2.05) is 37.3 Å². The summed E-state index contributed by atoms with van der Waals surface area (Å²) in [6.07, 6.45) is 2.53. The minimum atomic E-state index is -3.87. The summed E-state index contributed by atoms with van der Waals surface area (Å²) in [7, 11) is -2.49. The van der Waals surface area contributed by atoms with E-state index >= 15 is 0 Å². The van der Waals surface area contributed by atoms with Gasteiger partial charge >= 0.3 is 5.97 Å². The third-order valence-corrected chi connectivity index (χ3v) is 8.17. The Morgan fingerprint density at radius 3 is 2.44 bits per heavy atom. The fourth-order valence-corrected chi connectivity index (χ4v) is 6.10. The summed E-state index contributed by atoms with van der Waals surface area (Å²) in [6.45, 7) is 1.84. The lowest BCUT2D eigenvalue weighted by Gasteiger charge is -2.32. The Labute approximate surface area is 199 Å². The summed E-state index contributed by atoms with van der Waals surface area (Å²) >= 11 is 0. The number of ketones is 1. The van der Waals surface area contributed by atoms with Crippen LogP contribution in [0.1, 0.15) is 46.9 Å². The number of nitrogens with zero attached hydrogens (tertiary/aromatic N) is 1. The smallest absolute Gasteiger partial charge is 0.338 e. The maximum atomic E-state index is 13.4. The quantitative estimate of drug-likeness (QED) is 0.366. The summed E-state index contributed by atoms with van der Waals surface area (Å²) in [5.41, 5.74) is 0.471. The van der Waals surface area contributed by atoms with Crippen LogP contribution < -0.4 is 4.74 Å². The van der Waals surface area contributed by atoms with Gasteiger partial charge in [0.15, 0.2) is 12.4 Å². The second-order valence-corrected chi connectivity index (χ2v) is 10.2. The molecule has 34 heavy (non-hydrogen) atoms. The minimum absolute atomic E-state index is 0.0374. The summed E-state index contributed by atoms with van der Waals surface area (Å²) in [5.74, 6) is -0.968. The number of rotatable bonds is 7. The van der Waals surface area contributed by atoms with Crippen LogP contribution in [0.15, 0.2) is 65.6 Å². The molecule has 8 heteroatoms. The number of esters is 1. The van der Waals surface area contributed by atoms with Crippen LogP contribution in [-0.4, -0.2) is 50.8 Å². The Morgan fingerprint density at radius 2 is 1.71 bits per heavy atom. The van der Waals surface area contributed by atoms with Crippen molar-refractivity contribution in [3.63, 3.8) is 0 Å². The fourth-order valence-electron chi connectivity index (χ4n) is 4.22. The highest BCUT2D eigenvalue weighted by Crippen LogP contribution is 2.32. The third-order valence-electron chi connectivity index (χ3n) is 6.13. The van der Waals surface area contributed by atoms with Crippen molar-refractivity contribution in [3.05, 3.63) is 71.8 Å². The lowest BCUT2D eigenvalue weighted by molar-refractivity contribution is 0.0474. The molecule has 0 spiro atoms. The number of carbonyl (C=O) groups is 2. The molecule has 3 aromatic carbocycles. The van der Waals surface area contributed by atoms with Crippen LogP contribution in [0.25, 0.3) is 10.8 Å². The van der Waals surface area contributed by atoms with E-state index in [0.717, 1.165) is 30.0 Å². The van der Waals surface area contributed by atoms with Crippen molar-refractivity contribution >= 4 is 32.5 Å². The lowest BCUT2D eigenvalue weighted by Crippen LogP contribution is -2.42. The van der Waals surface area contributed by atoms with E-state index in [2.05, 4.69) is 0 Å². The van der Waals surface area contributed by atoms with Gasteiger partial charge in [-0.1, -0.05) is 42.8 Å². The Hall–Kier alpha value is -3.23. The molecule has 1 fully saturated rings. The number of piperidine rings is 1. The van der Waals surface area contributed by atoms with Crippen molar-refractivity contribution in [3.8, 4) is 5.75 Å². The normalized spacial score (nSPS) is 16.8. The Bertz CT molecular complexity index is 1330. The molecule has 1 atom stereocenters. The van der Waals surface area contributed by atoms with Gasteiger partial charge in [-0.15, -0.1) is 0 Å². The molecule has 1 saturated heterocycles. The van der Waals surface area contributed by atoms with Crippen molar-refractivity contribution in [2.75, 3.05) is 20.3 Å². The van der Waals surface area contributed by atoms with E-state index in [1.54, 1.807) is 12.1 Å². The number of methoxy groups -OCH3 is 1. The summed E-state index contributed by atoms with van der Waals surface area (Å²) in [6, 6.07) is 16.9. The Kier molecular flexibility index (Phi) is 7.00. The Balaban J connectivity index is 1.52. The zero-order valence-corrected chi connectivity index (χ0v) is 20.0. The third kappa shape index (κ3) is 4.83. The zero-order valence-electron chi connectivity index (χ0n) is 19.2.